The fourth-order valence-corrected chi connectivity index (χ4v) is 6.19. The van der Waals surface area contributed by atoms with E-state index in [0.29, 0.717) is 5.69 Å². The average molecular weight is 647 g/mol. The third-order valence-electron chi connectivity index (χ3n) is 6.99. The molecular weight excluding hydrogens is 618 g/mol. The van der Waals surface area contributed by atoms with E-state index in [1.807, 2.05) is 60.7 Å². The molecule has 5 rings (SSSR count). The quantitative estimate of drug-likeness (QED) is 0.191. The Balaban J connectivity index is 1.49. The third-order valence-corrected chi connectivity index (χ3v) is 9.40. The van der Waals surface area contributed by atoms with Crippen molar-refractivity contribution in [2.24, 2.45) is 0 Å². The standard InChI is InChI=1S/C32H28BrN3O5S/c1-35(31(32(37)38)20-22-6-4-3-5-7-22)42(39,40)28-18-14-26(15-19-28)36-30(24-8-12-25(33)13-9-24)21-29(34-36)23-10-16-27(41-2)17-11-23/h3-19,21,31H,20H2,1-2H3,(H,37,38). The van der Waals surface area contributed by atoms with E-state index in [4.69, 9.17) is 9.84 Å². The van der Waals surface area contributed by atoms with Crippen molar-refractivity contribution in [2.45, 2.75) is 17.4 Å². The lowest BCUT2D eigenvalue weighted by molar-refractivity contribution is -0.141. The van der Waals surface area contributed by atoms with Gasteiger partial charge in [-0.05, 0) is 78.7 Å². The Kier molecular flexibility index (Phi) is 8.58. The van der Waals surface area contributed by atoms with Crippen LogP contribution in [0.5, 0.6) is 5.75 Å². The van der Waals surface area contributed by atoms with Crippen molar-refractivity contribution >= 4 is 31.9 Å². The zero-order chi connectivity index (χ0) is 29.9. The number of halogens is 1. The van der Waals surface area contributed by atoms with Gasteiger partial charge in [0.25, 0.3) is 0 Å². The summed E-state index contributed by atoms with van der Waals surface area (Å²) in [5.41, 5.74) is 4.74. The number of hydrogen-bond donors (Lipinski definition) is 1. The molecule has 5 aromatic rings. The molecule has 0 spiro atoms. The molecule has 0 aliphatic rings. The van der Waals surface area contributed by atoms with Crippen LogP contribution in [0, 0.1) is 0 Å². The fourth-order valence-electron chi connectivity index (χ4n) is 4.61. The van der Waals surface area contributed by atoms with Gasteiger partial charge in [-0.15, -0.1) is 0 Å². The van der Waals surface area contributed by atoms with E-state index in [2.05, 4.69) is 15.9 Å². The first-order valence-corrected chi connectivity index (χ1v) is 15.3. The molecule has 8 nitrogen and oxygen atoms in total. The summed E-state index contributed by atoms with van der Waals surface area (Å²) in [4.78, 5) is 12.1. The highest BCUT2D eigenvalue weighted by Crippen LogP contribution is 2.31. The van der Waals surface area contributed by atoms with Crippen LogP contribution in [0.4, 0.5) is 0 Å². The van der Waals surface area contributed by atoms with Gasteiger partial charge in [-0.1, -0.05) is 58.4 Å². The molecule has 42 heavy (non-hydrogen) atoms. The molecule has 1 heterocycles. The number of carboxylic acid groups (broad SMARTS) is 1. The maximum atomic E-state index is 13.5. The lowest BCUT2D eigenvalue weighted by Gasteiger charge is -2.24. The van der Waals surface area contributed by atoms with Crippen LogP contribution < -0.4 is 4.74 Å². The predicted octanol–water partition coefficient (Wildman–Crippen LogP) is 6.29. The van der Waals surface area contributed by atoms with Crippen molar-refractivity contribution in [3.63, 3.8) is 0 Å². The minimum atomic E-state index is -4.11. The Morgan fingerprint density at radius 1 is 0.929 bits per heavy atom. The number of rotatable bonds is 10. The van der Waals surface area contributed by atoms with Crippen LogP contribution in [0.3, 0.4) is 0 Å². The fraction of sp³-hybridized carbons (Fsp3) is 0.125. The Hall–Kier alpha value is -4.25. The molecule has 0 saturated heterocycles. The second-order valence-electron chi connectivity index (χ2n) is 9.62. The summed E-state index contributed by atoms with van der Waals surface area (Å²) in [6, 6.07) is 31.4. The van der Waals surface area contributed by atoms with Gasteiger partial charge in [-0.2, -0.15) is 9.40 Å². The van der Waals surface area contributed by atoms with Crippen LogP contribution >= 0.6 is 15.9 Å². The second kappa shape index (κ2) is 12.3. The maximum Gasteiger partial charge on any atom is 0.322 e. The first kappa shape index (κ1) is 29.2. The Labute approximate surface area is 253 Å². The molecule has 0 fully saturated rings. The molecule has 4 aromatic carbocycles. The average Bonchev–Trinajstić information content (AvgIpc) is 3.46. The van der Waals surface area contributed by atoms with E-state index in [1.54, 1.807) is 48.2 Å². The molecular formula is C32H28BrN3O5S. The number of likely N-dealkylation sites (N-methyl/N-ethyl adjacent to an activating group) is 1. The highest BCUT2D eigenvalue weighted by Gasteiger charge is 2.33. The molecule has 1 unspecified atom stereocenters. The smallest absolute Gasteiger partial charge is 0.322 e. The van der Waals surface area contributed by atoms with Crippen molar-refractivity contribution in [2.75, 3.05) is 14.2 Å². The van der Waals surface area contributed by atoms with Crippen molar-refractivity contribution in [1.29, 1.82) is 0 Å². The van der Waals surface area contributed by atoms with Gasteiger partial charge < -0.3 is 9.84 Å². The van der Waals surface area contributed by atoms with Gasteiger partial charge in [0.15, 0.2) is 0 Å². The maximum absolute atomic E-state index is 13.5. The van der Waals surface area contributed by atoms with E-state index >= 15 is 0 Å². The van der Waals surface area contributed by atoms with Gasteiger partial charge >= 0.3 is 5.97 Å². The molecule has 1 atom stereocenters. The minimum absolute atomic E-state index is 0.0132. The van der Waals surface area contributed by atoms with Crippen LogP contribution in [0.15, 0.2) is 119 Å². The predicted molar refractivity (Wildman–Crippen MR) is 165 cm³/mol. The Bertz CT molecular complexity index is 1790. The summed E-state index contributed by atoms with van der Waals surface area (Å²) in [5, 5.41) is 14.7. The van der Waals surface area contributed by atoms with E-state index in [9.17, 15) is 18.3 Å². The minimum Gasteiger partial charge on any atom is -0.497 e. The number of carbonyl (C=O) groups is 1. The van der Waals surface area contributed by atoms with Crippen LogP contribution in [-0.4, -0.2) is 53.8 Å². The van der Waals surface area contributed by atoms with Gasteiger partial charge in [0, 0.05) is 22.6 Å². The van der Waals surface area contributed by atoms with E-state index in [1.165, 1.54) is 19.2 Å². The first-order chi connectivity index (χ1) is 20.2. The number of nitrogens with zero attached hydrogens (tertiary/aromatic N) is 3. The van der Waals surface area contributed by atoms with Crippen LogP contribution in [0.1, 0.15) is 5.56 Å². The molecule has 0 aliphatic carbocycles. The zero-order valence-corrected chi connectivity index (χ0v) is 25.3. The molecule has 0 bridgehead atoms. The summed E-state index contributed by atoms with van der Waals surface area (Å²) < 4.78 is 35.9. The van der Waals surface area contributed by atoms with E-state index in [0.717, 1.165) is 42.6 Å². The molecule has 10 heteroatoms. The number of aliphatic carboxylic acids is 1. The van der Waals surface area contributed by atoms with Crippen LogP contribution in [0.25, 0.3) is 28.2 Å². The Morgan fingerprint density at radius 2 is 1.55 bits per heavy atom. The molecule has 1 N–H and O–H groups in total. The van der Waals surface area contributed by atoms with Gasteiger partial charge in [-0.25, -0.2) is 13.1 Å². The number of methoxy groups -OCH3 is 1. The Morgan fingerprint density at radius 3 is 2.14 bits per heavy atom. The number of carboxylic acids is 1. The zero-order valence-electron chi connectivity index (χ0n) is 22.9. The largest absolute Gasteiger partial charge is 0.497 e. The number of hydrogen-bond acceptors (Lipinski definition) is 5. The van der Waals surface area contributed by atoms with Gasteiger partial charge in [0.2, 0.25) is 10.0 Å². The van der Waals surface area contributed by atoms with E-state index < -0.39 is 22.0 Å². The third kappa shape index (κ3) is 6.15. The molecule has 1 aromatic heterocycles. The highest BCUT2D eigenvalue weighted by molar-refractivity contribution is 9.10. The summed E-state index contributed by atoms with van der Waals surface area (Å²) in [7, 11) is -1.20. The van der Waals surface area contributed by atoms with Gasteiger partial charge in [0.1, 0.15) is 11.8 Å². The molecule has 0 amide bonds. The molecule has 0 aliphatic heterocycles. The van der Waals surface area contributed by atoms with Gasteiger partial charge in [0.05, 0.1) is 29.1 Å². The topological polar surface area (TPSA) is 102 Å². The summed E-state index contributed by atoms with van der Waals surface area (Å²) in [6.07, 6.45) is 0.0436. The summed E-state index contributed by atoms with van der Waals surface area (Å²) >= 11 is 3.48. The van der Waals surface area contributed by atoms with Crippen molar-refractivity contribution < 1.29 is 23.1 Å². The SMILES string of the molecule is COc1ccc(-c2cc(-c3ccc(Br)cc3)n(-c3ccc(S(=O)(=O)N(C)C(Cc4ccccc4)C(=O)O)cc3)n2)cc1. The van der Waals surface area contributed by atoms with Crippen LogP contribution in [0.2, 0.25) is 0 Å². The lowest BCUT2D eigenvalue weighted by atomic mass is 10.1. The molecule has 0 saturated carbocycles. The number of sulfonamides is 1. The second-order valence-corrected chi connectivity index (χ2v) is 12.5. The molecule has 214 valence electrons. The highest BCUT2D eigenvalue weighted by atomic mass is 79.9. The summed E-state index contributed by atoms with van der Waals surface area (Å²) in [5.74, 6) is -0.481. The lowest BCUT2D eigenvalue weighted by Crippen LogP contribution is -2.43. The number of benzene rings is 4. The van der Waals surface area contributed by atoms with Crippen molar-refractivity contribution in [3.8, 4) is 34.0 Å². The summed E-state index contributed by atoms with van der Waals surface area (Å²) in [6.45, 7) is 0. The monoisotopic (exact) mass is 645 g/mol. The van der Waals surface area contributed by atoms with Crippen molar-refractivity contribution in [1.82, 2.24) is 14.1 Å². The van der Waals surface area contributed by atoms with Gasteiger partial charge in [-0.3, -0.25) is 4.79 Å². The normalized spacial score (nSPS) is 12.3. The van der Waals surface area contributed by atoms with E-state index in [-0.39, 0.29) is 11.3 Å². The van der Waals surface area contributed by atoms with Crippen LogP contribution in [-0.2, 0) is 21.2 Å². The number of aromatic nitrogens is 2. The molecule has 0 radical (unpaired) electrons. The number of ether oxygens (including phenoxy) is 1. The van der Waals surface area contributed by atoms with Crippen molar-refractivity contribution in [3.05, 3.63) is 119 Å². The first-order valence-electron chi connectivity index (χ1n) is 13.0.